The van der Waals surface area contributed by atoms with Crippen LogP contribution in [-0.4, -0.2) is 32.7 Å². The van der Waals surface area contributed by atoms with E-state index in [1.54, 1.807) is 19.1 Å². The highest BCUT2D eigenvalue weighted by atomic mass is 35.5. The maximum Gasteiger partial charge on any atom is 0.343 e. The lowest BCUT2D eigenvalue weighted by Crippen LogP contribution is -2.10. The Balaban J connectivity index is 1.67. The summed E-state index contributed by atoms with van der Waals surface area (Å²) in [6, 6.07) is 7.20. The van der Waals surface area contributed by atoms with E-state index < -0.39 is 5.97 Å². The summed E-state index contributed by atoms with van der Waals surface area (Å²) in [6.07, 6.45) is 1.34. The number of thioether (sulfide) groups is 1. The van der Waals surface area contributed by atoms with E-state index in [4.69, 9.17) is 26.6 Å². The second-order valence-electron chi connectivity index (χ2n) is 4.96. The number of anilines is 1. The molecule has 10 heteroatoms. The standard InChI is InChI=1S/C16H14ClN5O3S/c1-2-24-15(23)10-7-19-16(21-13(10)18)26-8-12-20-14(25-22-12)9-5-3-4-6-11(9)17/h3-7H,2,8H2,1H3,(H2,18,19,21). The highest BCUT2D eigenvalue weighted by Crippen LogP contribution is 2.27. The van der Waals surface area contributed by atoms with Crippen LogP contribution in [0.3, 0.4) is 0 Å². The first-order valence-corrected chi connectivity index (χ1v) is 8.94. The van der Waals surface area contributed by atoms with Gasteiger partial charge in [0.25, 0.3) is 5.89 Å². The predicted octanol–water partition coefficient (Wildman–Crippen LogP) is 3.23. The smallest absolute Gasteiger partial charge is 0.343 e. The van der Waals surface area contributed by atoms with Crippen molar-refractivity contribution in [3.8, 4) is 11.5 Å². The molecular weight excluding hydrogens is 378 g/mol. The van der Waals surface area contributed by atoms with E-state index in [9.17, 15) is 4.79 Å². The molecule has 0 spiro atoms. The lowest BCUT2D eigenvalue weighted by Gasteiger charge is -2.05. The molecule has 0 aliphatic rings. The molecule has 3 rings (SSSR count). The molecule has 0 saturated heterocycles. The number of nitrogens with two attached hydrogens (primary N) is 1. The van der Waals surface area contributed by atoms with Crippen LogP contribution in [0.2, 0.25) is 5.02 Å². The third kappa shape index (κ3) is 4.12. The minimum atomic E-state index is -0.552. The molecule has 134 valence electrons. The van der Waals surface area contributed by atoms with Crippen molar-refractivity contribution in [3.05, 3.63) is 46.9 Å². The largest absolute Gasteiger partial charge is 0.462 e. The number of nitrogen functional groups attached to an aromatic ring is 1. The van der Waals surface area contributed by atoms with Gasteiger partial charge in [-0.3, -0.25) is 0 Å². The van der Waals surface area contributed by atoms with E-state index >= 15 is 0 Å². The SMILES string of the molecule is CCOC(=O)c1cnc(SCc2noc(-c3ccccc3Cl)n2)nc1N. The van der Waals surface area contributed by atoms with Crippen molar-refractivity contribution in [2.24, 2.45) is 0 Å². The Morgan fingerprint density at radius 3 is 2.88 bits per heavy atom. The van der Waals surface area contributed by atoms with Gasteiger partial charge in [-0.1, -0.05) is 40.7 Å². The zero-order chi connectivity index (χ0) is 18.5. The normalized spacial score (nSPS) is 10.7. The fourth-order valence-electron chi connectivity index (χ4n) is 2.00. The topological polar surface area (TPSA) is 117 Å². The van der Waals surface area contributed by atoms with Crippen LogP contribution < -0.4 is 5.73 Å². The average Bonchev–Trinajstić information content (AvgIpc) is 3.09. The lowest BCUT2D eigenvalue weighted by atomic mass is 10.2. The third-order valence-electron chi connectivity index (χ3n) is 3.19. The molecule has 0 unspecified atom stereocenters. The van der Waals surface area contributed by atoms with Crippen molar-refractivity contribution >= 4 is 35.1 Å². The molecule has 0 bridgehead atoms. The van der Waals surface area contributed by atoms with Crippen molar-refractivity contribution in [1.29, 1.82) is 0 Å². The highest BCUT2D eigenvalue weighted by Gasteiger charge is 2.15. The molecule has 3 aromatic rings. The number of hydrogen-bond acceptors (Lipinski definition) is 9. The van der Waals surface area contributed by atoms with Gasteiger partial charge in [-0.2, -0.15) is 4.98 Å². The molecule has 8 nitrogen and oxygen atoms in total. The minimum absolute atomic E-state index is 0.0609. The number of esters is 1. The maximum atomic E-state index is 11.7. The summed E-state index contributed by atoms with van der Waals surface area (Å²) in [7, 11) is 0. The molecule has 0 amide bonds. The Kier molecular flexibility index (Phi) is 5.69. The molecule has 2 N–H and O–H groups in total. The Labute approximate surface area is 158 Å². The molecule has 0 aliphatic carbocycles. The fourth-order valence-corrected chi connectivity index (χ4v) is 2.88. The quantitative estimate of drug-likeness (QED) is 0.383. The van der Waals surface area contributed by atoms with Crippen LogP contribution >= 0.6 is 23.4 Å². The number of nitrogens with zero attached hydrogens (tertiary/aromatic N) is 4. The zero-order valence-corrected chi connectivity index (χ0v) is 15.3. The summed E-state index contributed by atoms with van der Waals surface area (Å²) >= 11 is 7.38. The average molecular weight is 392 g/mol. The van der Waals surface area contributed by atoms with Crippen molar-refractivity contribution in [2.45, 2.75) is 17.8 Å². The van der Waals surface area contributed by atoms with E-state index in [1.165, 1.54) is 18.0 Å². The molecule has 0 fully saturated rings. The van der Waals surface area contributed by atoms with Gasteiger partial charge >= 0.3 is 5.97 Å². The van der Waals surface area contributed by atoms with Gasteiger partial charge < -0.3 is 15.0 Å². The van der Waals surface area contributed by atoms with Gasteiger partial charge in [0.2, 0.25) is 0 Å². The van der Waals surface area contributed by atoms with Crippen LogP contribution in [0.1, 0.15) is 23.1 Å². The van der Waals surface area contributed by atoms with Gasteiger partial charge in [-0.05, 0) is 19.1 Å². The monoisotopic (exact) mass is 391 g/mol. The maximum absolute atomic E-state index is 11.7. The molecule has 0 saturated carbocycles. The Hall–Kier alpha value is -2.65. The van der Waals surface area contributed by atoms with Crippen LogP contribution in [0.15, 0.2) is 40.1 Å². The van der Waals surface area contributed by atoms with E-state index in [0.717, 1.165) is 0 Å². The van der Waals surface area contributed by atoms with Gasteiger partial charge in [0, 0.05) is 6.20 Å². The molecule has 1 aromatic carbocycles. The number of carbonyl (C=O) groups excluding carboxylic acids is 1. The van der Waals surface area contributed by atoms with Crippen LogP contribution in [0, 0.1) is 0 Å². The Morgan fingerprint density at radius 1 is 1.35 bits per heavy atom. The van der Waals surface area contributed by atoms with Crippen LogP contribution in [0.5, 0.6) is 0 Å². The van der Waals surface area contributed by atoms with Gasteiger partial charge in [-0.25, -0.2) is 14.8 Å². The number of benzene rings is 1. The first kappa shape index (κ1) is 18.2. The number of carbonyl (C=O) groups is 1. The van der Waals surface area contributed by atoms with Gasteiger partial charge in [0.1, 0.15) is 11.4 Å². The van der Waals surface area contributed by atoms with E-state index in [1.807, 2.05) is 12.1 Å². The van der Waals surface area contributed by atoms with Crippen LogP contribution in [0.25, 0.3) is 11.5 Å². The number of rotatable bonds is 6. The third-order valence-corrected chi connectivity index (χ3v) is 4.38. The Bertz CT molecular complexity index is 934. The molecule has 2 heterocycles. The second-order valence-corrected chi connectivity index (χ2v) is 6.31. The van der Waals surface area contributed by atoms with Gasteiger partial charge in [0.15, 0.2) is 11.0 Å². The van der Waals surface area contributed by atoms with Gasteiger partial charge in [0.05, 0.1) is 22.9 Å². The molecule has 0 atom stereocenters. The van der Waals surface area contributed by atoms with Crippen molar-refractivity contribution < 1.29 is 14.1 Å². The van der Waals surface area contributed by atoms with E-state index in [2.05, 4.69) is 20.1 Å². The molecule has 0 aliphatic heterocycles. The van der Waals surface area contributed by atoms with E-state index in [-0.39, 0.29) is 18.0 Å². The molecule has 0 radical (unpaired) electrons. The Morgan fingerprint density at radius 2 is 2.15 bits per heavy atom. The number of halogens is 1. The lowest BCUT2D eigenvalue weighted by molar-refractivity contribution is 0.0526. The van der Waals surface area contributed by atoms with Crippen LogP contribution in [0.4, 0.5) is 5.82 Å². The summed E-state index contributed by atoms with van der Waals surface area (Å²) in [6.45, 7) is 1.96. The molecular formula is C16H14ClN5O3S. The molecule has 2 aromatic heterocycles. The van der Waals surface area contributed by atoms with E-state index in [0.29, 0.717) is 33.2 Å². The first-order chi connectivity index (χ1) is 12.6. The predicted molar refractivity (Wildman–Crippen MR) is 96.7 cm³/mol. The highest BCUT2D eigenvalue weighted by molar-refractivity contribution is 7.98. The zero-order valence-electron chi connectivity index (χ0n) is 13.7. The summed E-state index contributed by atoms with van der Waals surface area (Å²) in [5, 5.41) is 4.83. The van der Waals surface area contributed by atoms with Crippen LogP contribution in [-0.2, 0) is 10.5 Å². The summed E-state index contributed by atoms with van der Waals surface area (Å²) in [5.41, 5.74) is 6.59. The van der Waals surface area contributed by atoms with Crippen molar-refractivity contribution in [3.63, 3.8) is 0 Å². The summed E-state index contributed by atoms with van der Waals surface area (Å²) in [4.78, 5) is 24.2. The number of hydrogen-bond donors (Lipinski definition) is 1. The van der Waals surface area contributed by atoms with Crippen molar-refractivity contribution in [2.75, 3.05) is 12.3 Å². The summed E-state index contributed by atoms with van der Waals surface area (Å²) < 4.78 is 10.1. The summed E-state index contributed by atoms with van der Waals surface area (Å²) in [5.74, 6) is 0.673. The first-order valence-electron chi connectivity index (χ1n) is 7.58. The second kappa shape index (κ2) is 8.15. The van der Waals surface area contributed by atoms with Crippen molar-refractivity contribution in [1.82, 2.24) is 20.1 Å². The number of ether oxygens (including phenoxy) is 1. The fraction of sp³-hybridized carbons (Fsp3) is 0.188. The minimum Gasteiger partial charge on any atom is -0.462 e. The van der Waals surface area contributed by atoms with Gasteiger partial charge in [-0.15, -0.1) is 0 Å². The molecule has 26 heavy (non-hydrogen) atoms. The number of aromatic nitrogens is 4.